The summed E-state index contributed by atoms with van der Waals surface area (Å²) in [5.74, 6) is 0.546. The van der Waals surface area contributed by atoms with Gasteiger partial charge in [0.05, 0.1) is 5.56 Å². The van der Waals surface area contributed by atoms with Crippen molar-refractivity contribution in [2.24, 2.45) is 11.7 Å². The molecule has 92 valence electrons. The van der Waals surface area contributed by atoms with E-state index >= 15 is 0 Å². The summed E-state index contributed by atoms with van der Waals surface area (Å²) in [6.45, 7) is 2.55. The Hall–Kier alpha value is -0.870. The summed E-state index contributed by atoms with van der Waals surface area (Å²) in [4.78, 5) is 11.9. The largest absolute Gasteiger partial charge is 0.350 e. The van der Waals surface area contributed by atoms with Gasteiger partial charge in [0.25, 0.3) is 5.91 Å². The number of hydrogen-bond donors (Lipinski definition) is 2. The number of halogens is 1. The topological polar surface area (TPSA) is 55.1 Å². The lowest BCUT2D eigenvalue weighted by atomic mass is 10.1. The number of carbonyl (C=O) groups is 1. The lowest BCUT2D eigenvalue weighted by Gasteiger charge is -2.12. The van der Waals surface area contributed by atoms with Crippen molar-refractivity contribution in [1.82, 2.24) is 5.32 Å². The highest BCUT2D eigenvalue weighted by molar-refractivity contribution is 9.10. The van der Waals surface area contributed by atoms with Gasteiger partial charge in [-0.05, 0) is 59.3 Å². The van der Waals surface area contributed by atoms with Crippen molar-refractivity contribution >= 4 is 21.8 Å². The van der Waals surface area contributed by atoms with Crippen LogP contribution in [0.3, 0.4) is 0 Å². The van der Waals surface area contributed by atoms with Crippen LogP contribution in [0.2, 0.25) is 0 Å². The quantitative estimate of drug-likeness (QED) is 0.895. The zero-order chi connectivity index (χ0) is 12.4. The third-order valence-electron chi connectivity index (χ3n) is 3.10. The van der Waals surface area contributed by atoms with Crippen LogP contribution in [0.15, 0.2) is 22.7 Å². The smallest absolute Gasteiger partial charge is 0.252 e. The fourth-order valence-electron chi connectivity index (χ4n) is 1.80. The first-order valence-corrected chi connectivity index (χ1v) is 6.67. The van der Waals surface area contributed by atoms with Crippen molar-refractivity contribution in [2.75, 3.05) is 6.54 Å². The highest BCUT2D eigenvalue weighted by Crippen LogP contribution is 2.31. The van der Waals surface area contributed by atoms with Crippen LogP contribution in [-0.4, -0.2) is 18.5 Å². The molecule has 1 saturated carbocycles. The summed E-state index contributed by atoms with van der Waals surface area (Å²) < 4.78 is 0.829. The van der Waals surface area contributed by atoms with Gasteiger partial charge in [0.15, 0.2) is 0 Å². The lowest BCUT2D eigenvalue weighted by Crippen LogP contribution is -2.38. The molecule has 1 aromatic carbocycles. The molecule has 17 heavy (non-hydrogen) atoms. The van der Waals surface area contributed by atoms with Gasteiger partial charge >= 0.3 is 0 Å². The minimum Gasteiger partial charge on any atom is -0.350 e. The first kappa shape index (κ1) is 12.6. The first-order chi connectivity index (χ1) is 8.08. The predicted molar refractivity (Wildman–Crippen MR) is 71.9 cm³/mol. The molecule has 1 unspecified atom stereocenters. The molecule has 0 heterocycles. The standard InChI is InChI=1S/C13H17BrN2O/c1-8-2-5-10(11(14)6-8)13(17)16-7-12(15)9-3-4-9/h2,5-6,9,12H,3-4,7,15H2,1H3,(H,16,17). The number of benzene rings is 1. The van der Waals surface area contributed by atoms with E-state index in [4.69, 9.17) is 5.73 Å². The maximum atomic E-state index is 11.9. The van der Waals surface area contributed by atoms with Gasteiger partial charge in [0.2, 0.25) is 0 Å². The Balaban J connectivity index is 1.94. The van der Waals surface area contributed by atoms with Crippen molar-refractivity contribution in [2.45, 2.75) is 25.8 Å². The summed E-state index contributed by atoms with van der Waals surface area (Å²) in [6, 6.07) is 5.80. The zero-order valence-corrected chi connectivity index (χ0v) is 11.5. The van der Waals surface area contributed by atoms with Crippen molar-refractivity contribution in [3.63, 3.8) is 0 Å². The predicted octanol–water partition coefficient (Wildman–Crippen LogP) is 2.22. The number of rotatable bonds is 4. The van der Waals surface area contributed by atoms with Gasteiger partial charge in [0, 0.05) is 17.1 Å². The fourth-order valence-corrected chi connectivity index (χ4v) is 2.47. The molecule has 1 aliphatic rings. The molecule has 1 fully saturated rings. The van der Waals surface area contributed by atoms with Crippen LogP contribution in [-0.2, 0) is 0 Å². The maximum absolute atomic E-state index is 11.9. The summed E-state index contributed by atoms with van der Waals surface area (Å²) in [5, 5.41) is 2.89. The van der Waals surface area contributed by atoms with Crippen LogP contribution >= 0.6 is 15.9 Å². The van der Waals surface area contributed by atoms with E-state index in [9.17, 15) is 4.79 Å². The van der Waals surface area contributed by atoms with Crippen LogP contribution < -0.4 is 11.1 Å². The highest BCUT2D eigenvalue weighted by atomic mass is 79.9. The molecule has 0 aliphatic heterocycles. The molecule has 1 amide bonds. The molecule has 3 nitrogen and oxygen atoms in total. The second kappa shape index (κ2) is 5.19. The van der Waals surface area contributed by atoms with Gasteiger partial charge in [-0.15, -0.1) is 0 Å². The number of hydrogen-bond acceptors (Lipinski definition) is 2. The van der Waals surface area contributed by atoms with Crippen LogP contribution in [0.5, 0.6) is 0 Å². The molecule has 1 aliphatic carbocycles. The minimum atomic E-state index is -0.0621. The minimum absolute atomic E-state index is 0.0621. The monoisotopic (exact) mass is 296 g/mol. The van der Waals surface area contributed by atoms with E-state index < -0.39 is 0 Å². The Morgan fingerprint density at radius 1 is 1.59 bits per heavy atom. The third-order valence-corrected chi connectivity index (χ3v) is 3.75. The number of carbonyl (C=O) groups excluding carboxylic acids is 1. The van der Waals surface area contributed by atoms with Gasteiger partial charge in [-0.1, -0.05) is 6.07 Å². The van der Waals surface area contributed by atoms with Crippen LogP contribution in [0, 0.1) is 12.8 Å². The average molecular weight is 297 g/mol. The van der Waals surface area contributed by atoms with Gasteiger partial charge in [-0.25, -0.2) is 0 Å². The van der Waals surface area contributed by atoms with Crippen molar-refractivity contribution < 1.29 is 4.79 Å². The summed E-state index contributed by atoms with van der Waals surface area (Å²) in [5.41, 5.74) is 7.73. The molecule has 4 heteroatoms. The normalized spacial score (nSPS) is 16.6. The Morgan fingerprint density at radius 2 is 2.29 bits per heavy atom. The van der Waals surface area contributed by atoms with Crippen LogP contribution in [0.4, 0.5) is 0 Å². The summed E-state index contributed by atoms with van der Waals surface area (Å²) >= 11 is 3.40. The van der Waals surface area contributed by atoms with E-state index in [0.717, 1.165) is 10.0 Å². The Bertz CT molecular complexity index is 429. The number of nitrogens with two attached hydrogens (primary N) is 1. The molecular weight excluding hydrogens is 280 g/mol. The second-order valence-electron chi connectivity index (χ2n) is 4.69. The maximum Gasteiger partial charge on any atom is 0.252 e. The highest BCUT2D eigenvalue weighted by Gasteiger charge is 2.28. The molecule has 0 spiro atoms. The van der Waals surface area contributed by atoms with E-state index in [0.29, 0.717) is 18.0 Å². The number of aryl methyl sites for hydroxylation is 1. The second-order valence-corrected chi connectivity index (χ2v) is 5.55. The summed E-state index contributed by atoms with van der Waals surface area (Å²) in [7, 11) is 0. The van der Waals surface area contributed by atoms with Crippen molar-refractivity contribution in [1.29, 1.82) is 0 Å². The van der Waals surface area contributed by atoms with E-state index in [-0.39, 0.29) is 11.9 Å². The molecule has 1 atom stereocenters. The lowest BCUT2D eigenvalue weighted by molar-refractivity contribution is 0.0949. The molecule has 3 N–H and O–H groups in total. The molecule has 0 saturated heterocycles. The van der Waals surface area contributed by atoms with Crippen molar-refractivity contribution in [3.05, 3.63) is 33.8 Å². The zero-order valence-electron chi connectivity index (χ0n) is 9.87. The molecule has 0 bridgehead atoms. The molecule has 2 rings (SSSR count). The van der Waals surface area contributed by atoms with Crippen LogP contribution in [0.25, 0.3) is 0 Å². The van der Waals surface area contributed by atoms with Gasteiger partial charge in [-0.2, -0.15) is 0 Å². The van der Waals surface area contributed by atoms with E-state index in [1.165, 1.54) is 12.8 Å². The van der Waals surface area contributed by atoms with Crippen LogP contribution in [0.1, 0.15) is 28.8 Å². The van der Waals surface area contributed by atoms with Crippen molar-refractivity contribution in [3.8, 4) is 0 Å². The third kappa shape index (κ3) is 3.30. The molecule has 0 radical (unpaired) electrons. The van der Waals surface area contributed by atoms with E-state index in [2.05, 4.69) is 21.2 Å². The van der Waals surface area contributed by atoms with Gasteiger partial charge in [-0.3, -0.25) is 4.79 Å². The Labute approximate surface area is 110 Å². The van der Waals surface area contributed by atoms with E-state index in [1.54, 1.807) is 0 Å². The molecule has 1 aromatic rings. The first-order valence-electron chi connectivity index (χ1n) is 5.88. The van der Waals surface area contributed by atoms with Gasteiger partial charge < -0.3 is 11.1 Å². The number of amides is 1. The van der Waals surface area contributed by atoms with Gasteiger partial charge in [0.1, 0.15) is 0 Å². The SMILES string of the molecule is Cc1ccc(C(=O)NCC(N)C2CC2)c(Br)c1. The molecular formula is C13H17BrN2O. The molecule has 0 aromatic heterocycles. The number of nitrogens with one attached hydrogen (secondary N) is 1. The van der Waals surface area contributed by atoms with E-state index in [1.807, 2.05) is 25.1 Å². The fraction of sp³-hybridized carbons (Fsp3) is 0.462. The Kier molecular flexibility index (Phi) is 3.84. The Morgan fingerprint density at radius 3 is 2.88 bits per heavy atom. The average Bonchev–Trinajstić information content (AvgIpc) is 3.09. The summed E-state index contributed by atoms with van der Waals surface area (Å²) in [6.07, 6.45) is 2.40.